The molecule has 9 nitrogen and oxygen atoms in total. The van der Waals surface area contributed by atoms with Crippen LogP contribution in [0.25, 0.3) is 22.4 Å². The number of aromatic nitrogens is 5. The predicted octanol–water partition coefficient (Wildman–Crippen LogP) is 2.12. The minimum Gasteiger partial charge on any atom is -0.325 e. The summed E-state index contributed by atoms with van der Waals surface area (Å²) in [5.41, 5.74) is 1.21. The van der Waals surface area contributed by atoms with Gasteiger partial charge in [-0.15, -0.1) is 11.3 Å². The molecule has 3 aromatic heterocycles. The van der Waals surface area contributed by atoms with Gasteiger partial charge < -0.3 is 9.88 Å². The summed E-state index contributed by atoms with van der Waals surface area (Å²) in [7, 11) is 2.98. The summed E-state index contributed by atoms with van der Waals surface area (Å²) in [5, 5.41) is 5.01. The van der Waals surface area contributed by atoms with E-state index in [1.54, 1.807) is 29.1 Å². The summed E-state index contributed by atoms with van der Waals surface area (Å²) >= 11 is 1.29. The summed E-state index contributed by atoms with van der Waals surface area (Å²) in [5.74, 6) is -0.525. The van der Waals surface area contributed by atoms with E-state index in [2.05, 4.69) is 15.3 Å². The highest BCUT2D eigenvalue weighted by Crippen LogP contribution is 2.25. The second-order valence-electron chi connectivity index (χ2n) is 7.01. The lowest BCUT2D eigenvalue weighted by Crippen LogP contribution is -2.37. The molecule has 0 aliphatic heterocycles. The maximum absolute atomic E-state index is 13.1. The van der Waals surface area contributed by atoms with Crippen molar-refractivity contribution in [1.82, 2.24) is 23.7 Å². The lowest BCUT2D eigenvalue weighted by molar-refractivity contribution is -0.116. The molecule has 0 spiro atoms. The van der Waals surface area contributed by atoms with Crippen molar-refractivity contribution in [3.8, 4) is 11.3 Å². The highest BCUT2D eigenvalue weighted by Gasteiger charge is 2.14. The number of nitrogens with one attached hydrogen (secondary N) is 1. The Balaban J connectivity index is 1.39. The van der Waals surface area contributed by atoms with Gasteiger partial charge in [0.25, 0.3) is 5.56 Å². The van der Waals surface area contributed by atoms with Gasteiger partial charge in [-0.25, -0.2) is 19.2 Å². The third-order valence-corrected chi connectivity index (χ3v) is 5.67. The van der Waals surface area contributed by atoms with Crippen molar-refractivity contribution in [3.05, 3.63) is 62.6 Å². The van der Waals surface area contributed by atoms with Crippen LogP contribution in [-0.2, 0) is 25.4 Å². The molecule has 11 heteroatoms. The molecular formula is C20H19FN6O3S. The van der Waals surface area contributed by atoms with Gasteiger partial charge in [0.15, 0.2) is 16.3 Å². The zero-order valence-corrected chi connectivity index (χ0v) is 17.6. The zero-order valence-electron chi connectivity index (χ0n) is 16.8. The fraction of sp³-hybridized carbons (Fsp3) is 0.250. The summed E-state index contributed by atoms with van der Waals surface area (Å²) in [6, 6.07) is 5.98. The van der Waals surface area contributed by atoms with Crippen molar-refractivity contribution in [2.75, 3.05) is 5.32 Å². The molecule has 3 heterocycles. The van der Waals surface area contributed by atoms with Crippen molar-refractivity contribution >= 4 is 33.5 Å². The number of hydrogen-bond donors (Lipinski definition) is 1. The molecule has 0 unspecified atom stereocenters. The third-order valence-electron chi connectivity index (χ3n) is 4.91. The molecule has 0 aliphatic carbocycles. The van der Waals surface area contributed by atoms with Crippen LogP contribution in [0.2, 0.25) is 0 Å². The molecule has 0 saturated heterocycles. The van der Waals surface area contributed by atoms with Crippen LogP contribution in [0.4, 0.5) is 9.52 Å². The van der Waals surface area contributed by atoms with E-state index in [9.17, 15) is 18.8 Å². The summed E-state index contributed by atoms with van der Waals surface area (Å²) in [4.78, 5) is 45.2. The number of nitrogens with zero attached hydrogens (tertiary/aromatic N) is 5. The molecule has 1 amide bonds. The SMILES string of the molecule is Cn1c(=O)c2c(ncn2CCCC(=O)Nc2nc(-c3ccc(F)cc3)cs2)n(C)c1=O. The molecule has 0 radical (unpaired) electrons. The second-order valence-corrected chi connectivity index (χ2v) is 7.87. The standard InChI is InChI=1S/C20H19FN6O3S/c1-25-17-16(18(29)26(2)20(25)30)27(11-22-17)9-3-4-15(28)24-19-23-14(10-31-19)12-5-7-13(21)8-6-12/h5-8,10-11H,3-4,9H2,1-2H3,(H,23,24,28). The van der Waals surface area contributed by atoms with Crippen LogP contribution in [0, 0.1) is 5.82 Å². The molecule has 0 saturated carbocycles. The summed E-state index contributed by atoms with van der Waals surface area (Å²) in [6.45, 7) is 0.399. The quantitative estimate of drug-likeness (QED) is 0.493. The van der Waals surface area contributed by atoms with Gasteiger partial charge in [-0.2, -0.15) is 0 Å². The van der Waals surface area contributed by atoms with Crippen LogP contribution < -0.4 is 16.6 Å². The van der Waals surface area contributed by atoms with Gasteiger partial charge in [0, 0.05) is 38.0 Å². The first-order valence-corrected chi connectivity index (χ1v) is 10.4. The minimum atomic E-state index is -0.439. The van der Waals surface area contributed by atoms with E-state index in [0.29, 0.717) is 35.0 Å². The average Bonchev–Trinajstić information content (AvgIpc) is 3.39. The van der Waals surface area contributed by atoms with Crippen LogP contribution in [0.3, 0.4) is 0 Å². The molecule has 160 valence electrons. The molecular weight excluding hydrogens is 423 g/mol. The normalized spacial score (nSPS) is 11.2. The number of benzene rings is 1. The number of hydrogen-bond acceptors (Lipinski definition) is 6. The highest BCUT2D eigenvalue weighted by atomic mass is 32.1. The number of rotatable bonds is 6. The van der Waals surface area contributed by atoms with Gasteiger partial charge in [-0.3, -0.25) is 18.7 Å². The van der Waals surface area contributed by atoms with Crippen molar-refractivity contribution in [2.24, 2.45) is 14.1 Å². The van der Waals surface area contributed by atoms with E-state index in [1.165, 1.54) is 41.4 Å². The van der Waals surface area contributed by atoms with Crippen LogP contribution in [-0.4, -0.2) is 29.6 Å². The number of carbonyl (C=O) groups is 1. The maximum Gasteiger partial charge on any atom is 0.332 e. The van der Waals surface area contributed by atoms with Gasteiger partial charge >= 0.3 is 5.69 Å². The first-order chi connectivity index (χ1) is 14.8. The Kier molecular flexibility index (Phi) is 5.51. The number of amides is 1. The average molecular weight is 442 g/mol. The molecule has 0 bridgehead atoms. The zero-order chi connectivity index (χ0) is 22.1. The molecule has 1 aromatic carbocycles. The number of halogens is 1. The minimum absolute atomic E-state index is 0.204. The predicted molar refractivity (Wildman–Crippen MR) is 116 cm³/mol. The van der Waals surface area contributed by atoms with E-state index in [-0.39, 0.29) is 18.1 Å². The monoisotopic (exact) mass is 442 g/mol. The molecule has 0 aliphatic rings. The number of fused-ring (bicyclic) bond motifs is 1. The van der Waals surface area contributed by atoms with Crippen LogP contribution in [0.15, 0.2) is 45.6 Å². The van der Waals surface area contributed by atoms with Crippen molar-refractivity contribution in [2.45, 2.75) is 19.4 Å². The Labute approximate surface area is 179 Å². The lowest BCUT2D eigenvalue weighted by Gasteiger charge is -2.06. The first-order valence-electron chi connectivity index (χ1n) is 9.47. The largest absolute Gasteiger partial charge is 0.332 e. The van der Waals surface area contributed by atoms with Gasteiger partial charge in [-0.1, -0.05) is 0 Å². The smallest absolute Gasteiger partial charge is 0.325 e. The Morgan fingerprint density at radius 1 is 1.16 bits per heavy atom. The number of carbonyl (C=O) groups excluding carboxylic acids is 1. The first kappa shape index (κ1) is 20.7. The van der Waals surface area contributed by atoms with Crippen molar-refractivity contribution < 1.29 is 9.18 Å². The van der Waals surface area contributed by atoms with E-state index >= 15 is 0 Å². The lowest BCUT2D eigenvalue weighted by atomic mass is 10.2. The number of imidazole rings is 1. The fourth-order valence-electron chi connectivity index (χ4n) is 3.24. The topological polar surface area (TPSA) is 104 Å². The summed E-state index contributed by atoms with van der Waals surface area (Å²) < 4.78 is 17.1. The Morgan fingerprint density at radius 2 is 1.90 bits per heavy atom. The molecule has 4 rings (SSSR count). The van der Waals surface area contributed by atoms with Crippen LogP contribution in [0.5, 0.6) is 0 Å². The molecule has 31 heavy (non-hydrogen) atoms. The molecule has 0 atom stereocenters. The molecule has 1 N–H and O–H groups in total. The Bertz CT molecular complexity index is 1380. The van der Waals surface area contributed by atoms with E-state index in [1.807, 2.05) is 0 Å². The maximum atomic E-state index is 13.1. The van der Waals surface area contributed by atoms with Crippen molar-refractivity contribution in [1.29, 1.82) is 0 Å². The van der Waals surface area contributed by atoms with E-state index in [0.717, 1.165) is 10.1 Å². The second kappa shape index (κ2) is 8.26. The van der Waals surface area contributed by atoms with Crippen LogP contribution >= 0.6 is 11.3 Å². The number of thiazole rings is 1. The van der Waals surface area contributed by atoms with Crippen LogP contribution in [0.1, 0.15) is 12.8 Å². The van der Waals surface area contributed by atoms with Gasteiger partial charge in [0.2, 0.25) is 5.91 Å². The highest BCUT2D eigenvalue weighted by molar-refractivity contribution is 7.14. The third kappa shape index (κ3) is 4.04. The number of anilines is 1. The fourth-order valence-corrected chi connectivity index (χ4v) is 3.98. The summed E-state index contributed by atoms with van der Waals surface area (Å²) in [6.07, 6.45) is 2.19. The molecule has 0 fully saturated rings. The van der Waals surface area contributed by atoms with Gasteiger partial charge in [0.1, 0.15) is 5.82 Å². The van der Waals surface area contributed by atoms with Gasteiger partial charge in [-0.05, 0) is 30.7 Å². The van der Waals surface area contributed by atoms with E-state index < -0.39 is 11.2 Å². The van der Waals surface area contributed by atoms with Crippen molar-refractivity contribution in [3.63, 3.8) is 0 Å². The number of aryl methyl sites for hydroxylation is 2. The van der Waals surface area contributed by atoms with E-state index in [4.69, 9.17) is 0 Å². The molecule has 4 aromatic rings. The Hall–Kier alpha value is -3.60. The Morgan fingerprint density at radius 3 is 2.65 bits per heavy atom. The van der Waals surface area contributed by atoms with Gasteiger partial charge in [0.05, 0.1) is 12.0 Å².